The number of halogens is 1. The summed E-state index contributed by atoms with van der Waals surface area (Å²) in [6.45, 7) is 1.81. The molecular weight excluding hydrogens is 308 g/mol. The highest BCUT2D eigenvalue weighted by Gasteiger charge is 2.14. The van der Waals surface area contributed by atoms with Crippen molar-refractivity contribution in [1.82, 2.24) is 14.8 Å². The molecule has 21 heavy (non-hydrogen) atoms. The molecule has 0 bridgehead atoms. The van der Waals surface area contributed by atoms with Gasteiger partial charge in [-0.05, 0) is 31.2 Å². The Morgan fingerprint density at radius 2 is 2.29 bits per heavy atom. The number of benzene rings is 1. The van der Waals surface area contributed by atoms with Crippen LogP contribution in [0.2, 0.25) is 5.02 Å². The van der Waals surface area contributed by atoms with Gasteiger partial charge in [-0.1, -0.05) is 11.6 Å². The lowest BCUT2D eigenvalue weighted by Crippen LogP contribution is -2.13. The highest BCUT2D eigenvalue weighted by atomic mass is 35.5. The van der Waals surface area contributed by atoms with Crippen LogP contribution in [0, 0.1) is 6.92 Å². The lowest BCUT2D eigenvalue weighted by Gasteiger charge is -2.11. The second-order valence-corrected chi connectivity index (χ2v) is 5.62. The van der Waals surface area contributed by atoms with E-state index in [0.717, 1.165) is 0 Å². The number of rotatable bonds is 3. The largest absolute Gasteiger partial charge is 0.319 e. The van der Waals surface area contributed by atoms with E-state index >= 15 is 0 Å². The van der Waals surface area contributed by atoms with Crippen molar-refractivity contribution in [3.63, 3.8) is 0 Å². The van der Waals surface area contributed by atoms with Gasteiger partial charge in [0.1, 0.15) is 4.88 Å². The molecular formula is C14H11ClN4OS. The molecule has 0 aliphatic carbocycles. The first-order chi connectivity index (χ1) is 10.1. The Bertz CT molecular complexity index is 782. The van der Waals surface area contributed by atoms with E-state index in [-0.39, 0.29) is 5.91 Å². The number of hydrogen-bond donors (Lipinski definition) is 1. The third kappa shape index (κ3) is 2.81. The standard InChI is InChI=1S/C14H11ClN4OS/c1-9-13(21-8-16-9)14(20)18-11-4-3-10(15)7-12(11)19-6-2-5-17-19/h2-8H,1H3,(H,18,20). The van der Waals surface area contributed by atoms with E-state index in [4.69, 9.17) is 11.6 Å². The molecule has 0 aliphatic heterocycles. The molecule has 0 unspecified atom stereocenters. The topological polar surface area (TPSA) is 59.8 Å². The zero-order chi connectivity index (χ0) is 14.8. The third-order valence-electron chi connectivity index (χ3n) is 2.91. The number of carbonyl (C=O) groups is 1. The second-order valence-electron chi connectivity index (χ2n) is 4.33. The maximum atomic E-state index is 12.3. The zero-order valence-corrected chi connectivity index (χ0v) is 12.6. The van der Waals surface area contributed by atoms with Crippen LogP contribution in [0.4, 0.5) is 5.69 Å². The Morgan fingerprint density at radius 1 is 1.43 bits per heavy atom. The molecule has 1 aromatic carbocycles. The first kappa shape index (κ1) is 13.8. The quantitative estimate of drug-likeness (QED) is 0.803. The molecule has 2 aromatic heterocycles. The third-order valence-corrected chi connectivity index (χ3v) is 4.07. The number of anilines is 1. The van der Waals surface area contributed by atoms with Crippen molar-refractivity contribution >= 4 is 34.5 Å². The van der Waals surface area contributed by atoms with Crippen LogP contribution in [0.5, 0.6) is 0 Å². The summed E-state index contributed by atoms with van der Waals surface area (Å²) in [5.74, 6) is -0.189. The van der Waals surface area contributed by atoms with Crippen LogP contribution in [0.1, 0.15) is 15.4 Å². The van der Waals surface area contributed by atoms with Crippen LogP contribution < -0.4 is 5.32 Å². The summed E-state index contributed by atoms with van der Waals surface area (Å²) < 4.78 is 1.65. The average molecular weight is 319 g/mol. The minimum atomic E-state index is -0.189. The summed E-state index contributed by atoms with van der Waals surface area (Å²) in [4.78, 5) is 17.0. The molecule has 5 nitrogen and oxygen atoms in total. The molecule has 3 aromatic rings. The minimum Gasteiger partial charge on any atom is -0.319 e. The Morgan fingerprint density at radius 3 is 2.95 bits per heavy atom. The molecule has 0 saturated heterocycles. The van der Waals surface area contributed by atoms with E-state index in [1.807, 2.05) is 6.92 Å². The van der Waals surface area contributed by atoms with E-state index < -0.39 is 0 Å². The summed E-state index contributed by atoms with van der Waals surface area (Å²) in [6, 6.07) is 7.04. The zero-order valence-electron chi connectivity index (χ0n) is 11.1. The fourth-order valence-corrected chi connectivity index (χ4v) is 2.77. The predicted octanol–water partition coefficient (Wildman–Crippen LogP) is 3.54. The van der Waals surface area contributed by atoms with Crippen LogP contribution in [0.15, 0.2) is 42.2 Å². The summed E-state index contributed by atoms with van der Waals surface area (Å²) >= 11 is 7.35. The molecule has 7 heteroatoms. The summed E-state index contributed by atoms with van der Waals surface area (Å²) in [7, 11) is 0. The number of aryl methyl sites for hydroxylation is 1. The van der Waals surface area contributed by atoms with Gasteiger partial charge in [0, 0.05) is 17.4 Å². The van der Waals surface area contributed by atoms with Crippen LogP contribution in [0.3, 0.4) is 0 Å². The van der Waals surface area contributed by atoms with E-state index in [9.17, 15) is 4.79 Å². The van der Waals surface area contributed by atoms with Gasteiger partial charge in [0.15, 0.2) is 0 Å². The lowest BCUT2D eigenvalue weighted by atomic mass is 10.2. The van der Waals surface area contributed by atoms with E-state index in [1.165, 1.54) is 11.3 Å². The molecule has 1 amide bonds. The molecule has 0 fully saturated rings. The van der Waals surface area contributed by atoms with Gasteiger partial charge in [0.05, 0.1) is 22.6 Å². The second kappa shape index (κ2) is 5.67. The molecule has 0 spiro atoms. The monoisotopic (exact) mass is 318 g/mol. The molecule has 2 heterocycles. The molecule has 0 radical (unpaired) electrons. The van der Waals surface area contributed by atoms with Crippen molar-refractivity contribution in [2.45, 2.75) is 6.92 Å². The molecule has 0 atom stereocenters. The number of amides is 1. The van der Waals surface area contributed by atoms with Crippen LogP contribution >= 0.6 is 22.9 Å². The van der Waals surface area contributed by atoms with E-state index in [2.05, 4.69) is 15.4 Å². The van der Waals surface area contributed by atoms with Gasteiger partial charge in [0.25, 0.3) is 5.91 Å². The van der Waals surface area contributed by atoms with Crippen molar-refractivity contribution in [3.05, 3.63) is 57.8 Å². The fourth-order valence-electron chi connectivity index (χ4n) is 1.91. The van der Waals surface area contributed by atoms with Crippen molar-refractivity contribution in [2.75, 3.05) is 5.32 Å². The van der Waals surface area contributed by atoms with Crippen molar-refractivity contribution in [2.24, 2.45) is 0 Å². The summed E-state index contributed by atoms with van der Waals surface area (Å²) in [5, 5.41) is 7.63. The minimum absolute atomic E-state index is 0.189. The van der Waals surface area contributed by atoms with Crippen molar-refractivity contribution in [3.8, 4) is 5.69 Å². The first-order valence-corrected chi connectivity index (χ1v) is 7.42. The van der Waals surface area contributed by atoms with E-state index in [1.54, 1.807) is 46.9 Å². The van der Waals surface area contributed by atoms with Gasteiger partial charge in [-0.2, -0.15) is 5.10 Å². The maximum Gasteiger partial charge on any atom is 0.267 e. The number of aromatic nitrogens is 3. The summed E-state index contributed by atoms with van der Waals surface area (Å²) in [6.07, 6.45) is 3.46. The van der Waals surface area contributed by atoms with Crippen LogP contribution in [0.25, 0.3) is 5.69 Å². The SMILES string of the molecule is Cc1ncsc1C(=O)Nc1ccc(Cl)cc1-n1cccn1. The lowest BCUT2D eigenvalue weighted by molar-refractivity contribution is 0.103. The number of carbonyl (C=O) groups excluding carboxylic acids is 1. The first-order valence-electron chi connectivity index (χ1n) is 6.16. The van der Waals surface area contributed by atoms with Crippen molar-refractivity contribution < 1.29 is 4.79 Å². The Kier molecular flexibility index (Phi) is 3.72. The number of thiazole rings is 1. The average Bonchev–Trinajstić information content (AvgIpc) is 3.11. The number of nitrogens with zero attached hydrogens (tertiary/aromatic N) is 3. The Labute approximate surface area is 130 Å². The Hall–Kier alpha value is -2.18. The highest BCUT2D eigenvalue weighted by molar-refractivity contribution is 7.12. The fraction of sp³-hybridized carbons (Fsp3) is 0.0714. The summed E-state index contributed by atoms with van der Waals surface area (Å²) in [5.41, 5.74) is 3.72. The predicted molar refractivity (Wildman–Crippen MR) is 83.4 cm³/mol. The Balaban J connectivity index is 1.96. The van der Waals surface area contributed by atoms with Crippen molar-refractivity contribution in [1.29, 1.82) is 0 Å². The van der Waals surface area contributed by atoms with Crippen LogP contribution in [-0.2, 0) is 0 Å². The van der Waals surface area contributed by atoms with Gasteiger partial charge in [-0.15, -0.1) is 11.3 Å². The number of hydrogen-bond acceptors (Lipinski definition) is 4. The molecule has 0 saturated carbocycles. The van der Waals surface area contributed by atoms with Gasteiger partial charge in [-0.25, -0.2) is 9.67 Å². The van der Waals surface area contributed by atoms with Gasteiger partial charge >= 0.3 is 0 Å². The molecule has 3 rings (SSSR count). The van der Waals surface area contributed by atoms with Crippen LogP contribution in [-0.4, -0.2) is 20.7 Å². The molecule has 1 N–H and O–H groups in total. The number of nitrogens with one attached hydrogen (secondary N) is 1. The highest BCUT2D eigenvalue weighted by Crippen LogP contribution is 2.25. The maximum absolute atomic E-state index is 12.3. The van der Waals surface area contributed by atoms with Gasteiger partial charge < -0.3 is 5.32 Å². The van der Waals surface area contributed by atoms with Gasteiger partial charge in [-0.3, -0.25) is 4.79 Å². The van der Waals surface area contributed by atoms with E-state index in [0.29, 0.717) is 27.0 Å². The smallest absolute Gasteiger partial charge is 0.267 e. The van der Waals surface area contributed by atoms with Gasteiger partial charge in [0.2, 0.25) is 0 Å². The normalized spacial score (nSPS) is 10.6. The molecule has 106 valence electrons. The molecule has 0 aliphatic rings.